The van der Waals surface area contributed by atoms with Gasteiger partial charge in [0.05, 0.1) is 6.61 Å². The number of hydrogen-bond acceptors (Lipinski definition) is 7. The van der Waals surface area contributed by atoms with Crippen LogP contribution in [0.4, 0.5) is 5.69 Å². The van der Waals surface area contributed by atoms with Gasteiger partial charge in [0, 0.05) is 28.2 Å². The Bertz CT molecular complexity index is 1720. The Kier molecular flexibility index (Phi) is 8.69. The van der Waals surface area contributed by atoms with Gasteiger partial charge in [0.1, 0.15) is 17.9 Å². The Labute approximate surface area is 286 Å². The molecule has 0 bridgehead atoms. The highest BCUT2D eigenvalue weighted by Crippen LogP contribution is 2.58. The zero-order valence-corrected chi connectivity index (χ0v) is 28.2. The number of anilines is 1. The normalized spacial score (nSPS) is 27.9. The summed E-state index contributed by atoms with van der Waals surface area (Å²) in [5.41, 5.74) is 3.91. The van der Waals surface area contributed by atoms with Crippen LogP contribution >= 0.6 is 11.6 Å². The van der Waals surface area contributed by atoms with E-state index in [0.717, 1.165) is 54.7 Å². The molecule has 7 rings (SSSR count). The smallest absolute Gasteiger partial charge is 0.348 e. The summed E-state index contributed by atoms with van der Waals surface area (Å²) in [4.78, 5) is 29.3. The summed E-state index contributed by atoms with van der Waals surface area (Å²) in [5, 5.41) is 24.1. The first-order chi connectivity index (χ1) is 23.1. The third-order valence-corrected chi connectivity index (χ3v) is 11.5. The fraction of sp³-hybridized carbons (Fsp3) is 0.500. The lowest BCUT2D eigenvalue weighted by Crippen LogP contribution is -2.53. The van der Waals surface area contributed by atoms with Gasteiger partial charge in [-0.1, -0.05) is 31.5 Å². The summed E-state index contributed by atoms with van der Waals surface area (Å²) in [6, 6.07) is 13.2. The first-order valence-electron chi connectivity index (χ1n) is 17.1. The summed E-state index contributed by atoms with van der Waals surface area (Å²) >= 11 is 6.24. The molecule has 1 aliphatic heterocycles. The van der Waals surface area contributed by atoms with E-state index >= 15 is 0 Å². The number of nitrogens with zero attached hydrogens (tertiary/aromatic N) is 1. The molecule has 1 fully saturated rings. The molecule has 3 aromatic rings. The van der Waals surface area contributed by atoms with Crippen LogP contribution in [0.2, 0.25) is 5.02 Å². The van der Waals surface area contributed by atoms with Crippen molar-refractivity contribution in [2.45, 2.75) is 94.6 Å². The lowest BCUT2D eigenvalue weighted by atomic mass is 9.59. The maximum absolute atomic E-state index is 12.9. The van der Waals surface area contributed by atoms with Crippen LogP contribution in [0.25, 0.3) is 0 Å². The van der Waals surface area contributed by atoms with Gasteiger partial charge in [0.2, 0.25) is 6.10 Å². The molecule has 1 aromatic heterocycles. The SMILES string of the molecule is C[C@@H](COc1ccnc2c1[C@H](C)CCC2)CC1Cc2cc3c(cc2C12CCC(Nc1cccc(Cl)c1)(C(=O)O)CC2)OC(C(=O)O)CO3. The standard InChI is InChI=1S/C38H43ClN2O7/c1-22(20-46-30-9-14-40-29-8-3-5-23(2)34(29)30)15-25-16-24-17-31-32(48-33(21-47-31)35(42)43)19-28(24)37(25)10-12-38(13-11-37,36(44)45)41-27-7-4-6-26(39)18-27/h4,6-7,9,14,17-19,22-23,25,33,41H,3,5,8,10-13,15-16,20-21H2,1-2H3,(H,42,43)(H,44,45)/t22-,23-,25?,33?,37?,38?/m1/s1. The fourth-order valence-corrected chi connectivity index (χ4v) is 8.98. The van der Waals surface area contributed by atoms with Gasteiger partial charge in [-0.05, 0) is 128 Å². The third-order valence-electron chi connectivity index (χ3n) is 11.3. The molecule has 2 unspecified atom stereocenters. The monoisotopic (exact) mass is 674 g/mol. The Balaban J connectivity index is 1.16. The van der Waals surface area contributed by atoms with E-state index in [-0.39, 0.29) is 23.9 Å². The molecule has 48 heavy (non-hydrogen) atoms. The number of ether oxygens (including phenoxy) is 3. The highest BCUT2D eigenvalue weighted by molar-refractivity contribution is 6.30. The van der Waals surface area contributed by atoms with Crippen molar-refractivity contribution in [3.8, 4) is 17.2 Å². The van der Waals surface area contributed by atoms with E-state index in [4.69, 9.17) is 25.8 Å². The number of fused-ring (bicyclic) bond motifs is 4. The molecule has 0 radical (unpaired) electrons. The van der Waals surface area contributed by atoms with Crippen LogP contribution < -0.4 is 19.5 Å². The number of benzene rings is 2. The summed E-state index contributed by atoms with van der Waals surface area (Å²) in [5.74, 6) is 0.884. The van der Waals surface area contributed by atoms with Crippen LogP contribution in [-0.2, 0) is 27.8 Å². The van der Waals surface area contributed by atoms with Gasteiger partial charge < -0.3 is 29.7 Å². The maximum Gasteiger partial charge on any atom is 0.348 e. The molecule has 2 aromatic carbocycles. The molecule has 10 heteroatoms. The first-order valence-corrected chi connectivity index (χ1v) is 17.5. The molecule has 4 aliphatic rings. The molecular weight excluding hydrogens is 632 g/mol. The summed E-state index contributed by atoms with van der Waals surface area (Å²) in [7, 11) is 0. The second-order valence-corrected chi connectivity index (χ2v) is 14.8. The lowest BCUT2D eigenvalue weighted by Gasteiger charge is -2.47. The molecule has 4 atom stereocenters. The lowest BCUT2D eigenvalue weighted by molar-refractivity contribution is -0.147. The molecule has 0 saturated heterocycles. The highest BCUT2D eigenvalue weighted by atomic mass is 35.5. The first kappa shape index (κ1) is 32.6. The van der Waals surface area contributed by atoms with Gasteiger partial charge in [0.15, 0.2) is 11.5 Å². The molecule has 254 valence electrons. The maximum atomic E-state index is 12.9. The minimum atomic E-state index is -1.14. The van der Waals surface area contributed by atoms with Crippen LogP contribution in [0, 0.1) is 11.8 Å². The number of nitrogens with one attached hydrogen (secondary N) is 1. The van der Waals surface area contributed by atoms with Crippen molar-refractivity contribution < 1.29 is 34.0 Å². The van der Waals surface area contributed by atoms with Crippen molar-refractivity contribution in [3.05, 3.63) is 76.1 Å². The third kappa shape index (κ3) is 5.95. The summed E-state index contributed by atoms with van der Waals surface area (Å²) in [6.45, 7) is 5.01. The number of hydrogen-bond donors (Lipinski definition) is 3. The van der Waals surface area contributed by atoms with Crippen molar-refractivity contribution >= 4 is 29.2 Å². The highest BCUT2D eigenvalue weighted by Gasteiger charge is 2.54. The van der Waals surface area contributed by atoms with Crippen molar-refractivity contribution in [3.63, 3.8) is 0 Å². The van der Waals surface area contributed by atoms with Crippen molar-refractivity contribution in [1.29, 1.82) is 0 Å². The van der Waals surface area contributed by atoms with E-state index in [2.05, 4.69) is 24.1 Å². The van der Waals surface area contributed by atoms with Gasteiger partial charge in [0.25, 0.3) is 0 Å². The number of halogens is 1. The zero-order valence-electron chi connectivity index (χ0n) is 27.5. The second kappa shape index (κ2) is 12.8. The Hall–Kier alpha value is -3.98. The number of carboxylic acids is 2. The number of aryl methyl sites for hydroxylation is 1. The molecule has 2 heterocycles. The average Bonchev–Trinajstić information content (AvgIpc) is 3.34. The second-order valence-electron chi connectivity index (χ2n) is 14.4. The topological polar surface area (TPSA) is 127 Å². The van der Waals surface area contributed by atoms with E-state index in [0.29, 0.717) is 60.4 Å². The fourth-order valence-electron chi connectivity index (χ4n) is 8.79. The predicted octanol–water partition coefficient (Wildman–Crippen LogP) is 7.42. The van der Waals surface area contributed by atoms with E-state index in [1.165, 1.54) is 5.56 Å². The number of rotatable bonds is 9. The molecule has 1 saturated carbocycles. The number of pyridine rings is 1. The minimum absolute atomic E-state index is 0.0440. The van der Waals surface area contributed by atoms with Crippen LogP contribution in [-0.4, -0.2) is 52.0 Å². The minimum Gasteiger partial charge on any atom is -0.493 e. The van der Waals surface area contributed by atoms with E-state index in [1.807, 2.05) is 36.5 Å². The summed E-state index contributed by atoms with van der Waals surface area (Å²) < 4.78 is 18.3. The van der Waals surface area contributed by atoms with Crippen molar-refractivity contribution in [2.24, 2.45) is 11.8 Å². The molecule has 3 N–H and O–H groups in total. The van der Waals surface area contributed by atoms with Crippen LogP contribution in [0.1, 0.15) is 87.1 Å². The number of carboxylic acid groups (broad SMARTS) is 2. The van der Waals surface area contributed by atoms with E-state index in [1.54, 1.807) is 12.1 Å². The van der Waals surface area contributed by atoms with Crippen LogP contribution in [0.3, 0.4) is 0 Å². The van der Waals surface area contributed by atoms with E-state index < -0.39 is 23.6 Å². The zero-order chi connectivity index (χ0) is 33.6. The molecule has 1 spiro atoms. The van der Waals surface area contributed by atoms with Crippen LogP contribution in [0.15, 0.2) is 48.7 Å². The quantitative estimate of drug-likeness (QED) is 0.212. The molecule has 9 nitrogen and oxygen atoms in total. The Morgan fingerprint density at radius 3 is 2.69 bits per heavy atom. The van der Waals surface area contributed by atoms with Gasteiger partial charge in [-0.2, -0.15) is 0 Å². The largest absolute Gasteiger partial charge is 0.493 e. The van der Waals surface area contributed by atoms with Gasteiger partial charge >= 0.3 is 11.9 Å². The number of aliphatic carboxylic acids is 2. The molecular formula is C38H43ClN2O7. The Morgan fingerprint density at radius 2 is 1.94 bits per heavy atom. The number of carbonyl (C=O) groups is 2. The average molecular weight is 675 g/mol. The van der Waals surface area contributed by atoms with Crippen molar-refractivity contribution in [2.75, 3.05) is 18.5 Å². The molecule has 3 aliphatic carbocycles. The Morgan fingerprint density at radius 1 is 1.12 bits per heavy atom. The van der Waals surface area contributed by atoms with E-state index in [9.17, 15) is 19.8 Å². The van der Waals surface area contributed by atoms with Crippen molar-refractivity contribution in [1.82, 2.24) is 4.98 Å². The van der Waals surface area contributed by atoms with Gasteiger partial charge in [-0.15, -0.1) is 0 Å². The predicted molar refractivity (Wildman–Crippen MR) is 182 cm³/mol. The number of aromatic nitrogens is 1. The van der Waals surface area contributed by atoms with Gasteiger partial charge in [-0.25, -0.2) is 9.59 Å². The van der Waals surface area contributed by atoms with Gasteiger partial charge in [-0.3, -0.25) is 4.98 Å². The molecule has 0 amide bonds. The van der Waals surface area contributed by atoms with Crippen LogP contribution in [0.5, 0.6) is 17.2 Å². The summed E-state index contributed by atoms with van der Waals surface area (Å²) in [6.07, 6.45) is 7.91.